The SMILES string of the molecule is C=CCCCCCCOC1OC(CC)C(O)C(O)C1NC. The summed E-state index contributed by atoms with van der Waals surface area (Å²) in [5, 5.41) is 23.1. The van der Waals surface area contributed by atoms with E-state index in [1.807, 2.05) is 13.0 Å². The summed E-state index contributed by atoms with van der Waals surface area (Å²) in [7, 11) is 1.74. The lowest BCUT2D eigenvalue weighted by molar-refractivity contribution is -0.264. The van der Waals surface area contributed by atoms with Crippen LogP contribution in [0.1, 0.15) is 45.4 Å². The lowest BCUT2D eigenvalue weighted by Gasteiger charge is -2.42. The smallest absolute Gasteiger partial charge is 0.175 e. The Morgan fingerprint density at radius 1 is 1.19 bits per heavy atom. The number of rotatable bonds is 10. The molecule has 1 heterocycles. The first-order valence-corrected chi connectivity index (χ1v) is 8.07. The van der Waals surface area contributed by atoms with Crippen molar-refractivity contribution in [3.8, 4) is 0 Å². The Bertz CT molecular complexity index is 287. The molecule has 0 aromatic heterocycles. The fraction of sp³-hybridized carbons (Fsp3) is 0.875. The summed E-state index contributed by atoms with van der Waals surface area (Å²) in [6, 6.07) is -0.399. The Morgan fingerprint density at radius 3 is 2.52 bits per heavy atom. The maximum absolute atomic E-state index is 10.1. The van der Waals surface area contributed by atoms with Crippen LogP contribution in [0.15, 0.2) is 12.7 Å². The van der Waals surface area contributed by atoms with Crippen LogP contribution >= 0.6 is 0 Å². The van der Waals surface area contributed by atoms with Crippen molar-refractivity contribution >= 4 is 0 Å². The minimum absolute atomic E-state index is 0.373. The average Bonchev–Trinajstić information content (AvgIpc) is 2.49. The van der Waals surface area contributed by atoms with Crippen molar-refractivity contribution in [1.82, 2.24) is 5.32 Å². The standard InChI is InChI=1S/C16H31NO4/c1-4-6-7-8-9-10-11-20-16-13(17-3)15(19)14(18)12(5-2)21-16/h4,12-19H,1,5-11H2,2-3H3. The maximum Gasteiger partial charge on any atom is 0.175 e. The molecule has 1 saturated heterocycles. The summed E-state index contributed by atoms with van der Waals surface area (Å²) >= 11 is 0. The number of allylic oxidation sites excluding steroid dienone is 1. The quantitative estimate of drug-likeness (QED) is 0.422. The first kappa shape index (κ1) is 18.6. The third-order valence-corrected chi connectivity index (χ3v) is 4.02. The summed E-state index contributed by atoms with van der Waals surface area (Å²) in [5.41, 5.74) is 0. The highest BCUT2D eigenvalue weighted by Crippen LogP contribution is 2.24. The van der Waals surface area contributed by atoms with E-state index in [1.165, 1.54) is 12.8 Å². The Kier molecular flexibility index (Phi) is 9.11. The molecule has 5 nitrogen and oxygen atoms in total. The van der Waals surface area contributed by atoms with E-state index in [0.717, 1.165) is 19.3 Å². The van der Waals surface area contributed by atoms with E-state index < -0.39 is 24.5 Å². The number of likely N-dealkylation sites (N-methyl/N-ethyl adjacent to an activating group) is 1. The third kappa shape index (κ3) is 5.68. The van der Waals surface area contributed by atoms with E-state index in [1.54, 1.807) is 7.05 Å². The summed E-state index contributed by atoms with van der Waals surface area (Å²) in [4.78, 5) is 0. The van der Waals surface area contributed by atoms with Crippen molar-refractivity contribution in [3.63, 3.8) is 0 Å². The summed E-state index contributed by atoms with van der Waals surface area (Å²) in [5.74, 6) is 0. The number of aliphatic hydroxyl groups is 2. The second kappa shape index (κ2) is 10.3. The second-order valence-corrected chi connectivity index (χ2v) is 5.61. The van der Waals surface area contributed by atoms with Gasteiger partial charge in [-0.3, -0.25) is 0 Å². The number of hydrogen-bond acceptors (Lipinski definition) is 5. The van der Waals surface area contributed by atoms with Crippen molar-refractivity contribution in [2.45, 2.75) is 76.1 Å². The summed E-state index contributed by atoms with van der Waals surface area (Å²) in [6.45, 7) is 6.24. The molecule has 1 aliphatic heterocycles. The topological polar surface area (TPSA) is 71.0 Å². The van der Waals surface area contributed by atoms with Crippen LogP contribution in [0.3, 0.4) is 0 Å². The van der Waals surface area contributed by atoms with Crippen molar-refractivity contribution in [1.29, 1.82) is 0 Å². The fourth-order valence-corrected chi connectivity index (χ4v) is 2.66. The monoisotopic (exact) mass is 301 g/mol. The molecule has 5 heteroatoms. The van der Waals surface area contributed by atoms with E-state index in [4.69, 9.17) is 9.47 Å². The average molecular weight is 301 g/mol. The molecule has 0 aliphatic carbocycles. The van der Waals surface area contributed by atoms with Gasteiger partial charge in [0.2, 0.25) is 0 Å². The summed E-state index contributed by atoms with van der Waals surface area (Å²) < 4.78 is 11.5. The van der Waals surface area contributed by atoms with Gasteiger partial charge in [0, 0.05) is 6.61 Å². The van der Waals surface area contributed by atoms with Gasteiger partial charge in [0.25, 0.3) is 0 Å². The van der Waals surface area contributed by atoms with Crippen LogP contribution in [0.2, 0.25) is 0 Å². The van der Waals surface area contributed by atoms with Crippen LogP contribution in [-0.4, -0.2) is 54.5 Å². The van der Waals surface area contributed by atoms with Crippen LogP contribution in [-0.2, 0) is 9.47 Å². The number of ether oxygens (including phenoxy) is 2. The van der Waals surface area contributed by atoms with Crippen LogP contribution in [0.4, 0.5) is 0 Å². The fourth-order valence-electron chi connectivity index (χ4n) is 2.66. The largest absolute Gasteiger partial charge is 0.388 e. The molecule has 0 aromatic rings. The first-order valence-electron chi connectivity index (χ1n) is 8.07. The van der Waals surface area contributed by atoms with E-state index >= 15 is 0 Å². The van der Waals surface area contributed by atoms with Gasteiger partial charge in [-0.1, -0.05) is 25.8 Å². The third-order valence-electron chi connectivity index (χ3n) is 4.02. The Hall–Kier alpha value is -0.460. The van der Waals surface area contributed by atoms with Gasteiger partial charge >= 0.3 is 0 Å². The molecule has 0 spiro atoms. The lowest BCUT2D eigenvalue weighted by atomic mass is 9.95. The van der Waals surface area contributed by atoms with Gasteiger partial charge in [-0.05, 0) is 32.7 Å². The Labute approximate surface area is 128 Å². The van der Waals surface area contributed by atoms with E-state index in [9.17, 15) is 10.2 Å². The van der Waals surface area contributed by atoms with Gasteiger partial charge in [-0.25, -0.2) is 0 Å². The van der Waals surface area contributed by atoms with Gasteiger partial charge in [-0.15, -0.1) is 6.58 Å². The van der Waals surface area contributed by atoms with Crippen LogP contribution in [0, 0.1) is 0 Å². The van der Waals surface area contributed by atoms with Gasteiger partial charge < -0.3 is 25.0 Å². The van der Waals surface area contributed by atoms with Crippen molar-refractivity contribution in [2.24, 2.45) is 0 Å². The second-order valence-electron chi connectivity index (χ2n) is 5.61. The minimum atomic E-state index is -0.869. The Balaban J connectivity index is 2.32. The van der Waals surface area contributed by atoms with E-state index in [2.05, 4.69) is 11.9 Å². The predicted octanol–water partition coefficient (Wildman–Crippen LogP) is 1.58. The zero-order chi connectivity index (χ0) is 15.7. The molecular weight excluding hydrogens is 270 g/mol. The van der Waals surface area contributed by atoms with E-state index in [0.29, 0.717) is 13.0 Å². The van der Waals surface area contributed by atoms with Gasteiger partial charge in [0.1, 0.15) is 12.2 Å². The molecule has 124 valence electrons. The molecule has 5 atom stereocenters. The lowest BCUT2D eigenvalue weighted by Crippen LogP contribution is -2.62. The molecule has 21 heavy (non-hydrogen) atoms. The van der Waals surface area contributed by atoms with Crippen molar-refractivity contribution in [3.05, 3.63) is 12.7 Å². The minimum Gasteiger partial charge on any atom is -0.388 e. The predicted molar refractivity (Wildman–Crippen MR) is 83.0 cm³/mol. The highest BCUT2D eigenvalue weighted by molar-refractivity contribution is 4.92. The molecule has 1 fully saturated rings. The highest BCUT2D eigenvalue weighted by Gasteiger charge is 2.43. The molecule has 1 rings (SSSR count). The highest BCUT2D eigenvalue weighted by atomic mass is 16.7. The molecule has 3 N–H and O–H groups in total. The van der Waals surface area contributed by atoms with Gasteiger partial charge in [-0.2, -0.15) is 0 Å². The molecule has 1 aliphatic rings. The van der Waals surface area contributed by atoms with Crippen LogP contribution in [0.5, 0.6) is 0 Å². The number of nitrogens with one attached hydrogen (secondary N) is 1. The normalized spacial score (nSPS) is 33.0. The summed E-state index contributed by atoms with van der Waals surface area (Å²) in [6.07, 6.45) is 5.48. The van der Waals surface area contributed by atoms with E-state index in [-0.39, 0.29) is 6.10 Å². The zero-order valence-electron chi connectivity index (χ0n) is 13.3. The number of aliphatic hydroxyl groups excluding tert-OH is 2. The molecule has 0 bridgehead atoms. The zero-order valence-corrected chi connectivity index (χ0v) is 13.3. The van der Waals surface area contributed by atoms with Gasteiger partial charge in [0.15, 0.2) is 6.29 Å². The number of unbranched alkanes of at least 4 members (excludes halogenated alkanes) is 4. The molecule has 0 aromatic carbocycles. The van der Waals surface area contributed by atoms with Crippen LogP contribution in [0.25, 0.3) is 0 Å². The maximum atomic E-state index is 10.1. The molecular formula is C16H31NO4. The number of hydrogen-bond donors (Lipinski definition) is 3. The van der Waals surface area contributed by atoms with Crippen molar-refractivity contribution < 1.29 is 19.7 Å². The molecule has 5 unspecified atom stereocenters. The van der Waals surface area contributed by atoms with Crippen LogP contribution < -0.4 is 5.32 Å². The molecule has 0 amide bonds. The Morgan fingerprint density at radius 2 is 1.90 bits per heavy atom. The molecule has 0 radical (unpaired) electrons. The first-order chi connectivity index (χ1) is 10.2. The molecule has 0 saturated carbocycles. The van der Waals surface area contributed by atoms with Crippen molar-refractivity contribution in [2.75, 3.05) is 13.7 Å². The van der Waals surface area contributed by atoms with Gasteiger partial charge in [0.05, 0.1) is 12.1 Å².